The van der Waals surface area contributed by atoms with Crippen molar-refractivity contribution in [1.82, 2.24) is 25.5 Å². The Morgan fingerprint density at radius 3 is 2.48 bits per heavy atom. The first-order valence-electron chi connectivity index (χ1n) is 14.5. The Balaban J connectivity index is 1.38. The zero-order valence-electron chi connectivity index (χ0n) is 23.5. The smallest absolute Gasteiger partial charge is 0.326 e. The average molecular weight is 572 g/mol. The molecular weight excluding hydrogens is 530 g/mol. The van der Waals surface area contributed by atoms with Crippen LogP contribution in [0, 0.1) is 23.2 Å². The molecule has 3 unspecified atom stereocenters. The van der Waals surface area contributed by atoms with Crippen LogP contribution in [-0.2, 0) is 14.4 Å². The number of aliphatic carboxylic acids is 1. The third kappa shape index (κ3) is 6.09. The van der Waals surface area contributed by atoms with Crippen LogP contribution in [0.25, 0.3) is 0 Å². The number of hydrogen-bond donors (Lipinski definition) is 3. The predicted molar refractivity (Wildman–Crippen MR) is 153 cm³/mol. The van der Waals surface area contributed by atoms with Gasteiger partial charge in [-0.25, -0.2) is 9.78 Å². The summed E-state index contributed by atoms with van der Waals surface area (Å²) in [5, 5.41) is 18.8. The number of amides is 3. The molecule has 5 rings (SSSR count). The number of carboxylic acids is 1. The maximum atomic E-state index is 14.0. The van der Waals surface area contributed by atoms with Gasteiger partial charge in [0.15, 0.2) is 0 Å². The zero-order chi connectivity index (χ0) is 28.6. The number of likely N-dealkylation sites (tertiary alicyclic amines) is 1. The summed E-state index contributed by atoms with van der Waals surface area (Å²) < 4.78 is 0. The minimum absolute atomic E-state index is 0.0453. The van der Waals surface area contributed by atoms with E-state index in [4.69, 9.17) is 0 Å². The van der Waals surface area contributed by atoms with Gasteiger partial charge in [-0.3, -0.25) is 19.4 Å². The summed E-state index contributed by atoms with van der Waals surface area (Å²) in [4.78, 5) is 63.0. The van der Waals surface area contributed by atoms with Gasteiger partial charge in [0.2, 0.25) is 11.8 Å². The van der Waals surface area contributed by atoms with E-state index in [1.807, 2.05) is 20.8 Å². The lowest BCUT2D eigenvalue weighted by atomic mass is 9.81. The molecule has 0 aromatic carbocycles. The summed E-state index contributed by atoms with van der Waals surface area (Å²) in [6.45, 7) is 6.02. The zero-order valence-corrected chi connectivity index (χ0v) is 24.4. The second-order valence-corrected chi connectivity index (χ2v) is 15.1. The van der Waals surface area contributed by atoms with E-state index in [9.17, 15) is 24.3 Å². The van der Waals surface area contributed by atoms with E-state index in [1.165, 1.54) is 23.5 Å². The normalized spacial score (nSPS) is 30.9. The lowest BCUT2D eigenvalue weighted by Crippen LogP contribution is -2.61. The minimum Gasteiger partial charge on any atom is -0.480 e. The molecule has 11 heteroatoms. The van der Waals surface area contributed by atoms with Crippen molar-refractivity contribution >= 4 is 39.5 Å². The fourth-order valence-corrected chi connectivity index (χ4v) is 8.82. The quantitative estimate of drug-likeness (QED) is 0.407. The molecule has 8 atom stereocenters. The standard InChI is InChI=1S/C29H41N5O5S/c1-29(2,3)24(27(37)34-16-18-7-5-9-20(18)23(34)28(38)39)33-26(36)22(32-25(35)21-15-30-10-11-31-21)17-6-4-8-19(14-17)40-12-13-40/h10-12,15,17-20,22-24H,4-9,13-14,16H2,1-3H3,(H,32,35)(H,33,36)(H,38,39)/t17?,18-,19?,20-,22-,23-,24+,40?/m0/s1. The third-order valence-corrected chi connectivity index (χ3v) is 11.1. The number of aromatic nitrogens is 2. The molecule has 10 nitrogen and oxygen atoms in total. The Labute approximate surface area is 238 Å². The van der Waals surface area contributed by atoms with Crippen LogP contribution in [0.3, 0.4) is 0 Å². The van der Waals surface area contributed by atoms with Crippen LogP contribution in [-0.4, -0.2) is 84.7 Å². The number of hydrogen-bond acceptors (Lipinski definition) is 6. The molecule has 0 bridgehead atoms. The van der Waals surface area contributed by atoms with Gasteiger partial charge in [0.05, 0.1) is 6.20 Å². The van der Waals surface area contributed by atoms with Gasteiger partial charge in [-0.05, 0) is 55.3 Å². The molecular formula is C29H41N5O5S. The maximum Gasteiger partial charge on any atom is 0.326 e. The van der Waals surface area contributed by atoms with E-state index in [0.717, 1.165) is 50.7 Å². The van der Waals surface area contributed by atoms with Crippen LogP contribution >= 0.6 is 10.5 Å². The van der Waals surface area contributed by atoms with E-state index in [-0.39, 0.29) is 29.4 Å². The Morgan fingerprint density at radius 2 is 1.82 bits per heavy atom. The summed E-state index contributed by atoms with van der Waals surface area (Å²) in [6.07, 6.45) is 10.7. The number of nitrogens with one attached hydrogen (secondary N) is 2. The van der Waals surface area contributed by atoms with E-state index >= 15 is 0 Å². The van der Waals surface area contributed by atoms with E-state index in [2.05, 4.69) is 26.0 Å². The first-order valence-corrected chi connectivity index (χ1v) is 16.0. The Bertz CT molecular complexity index is 1190. The molecule has 3 amide bonds. The Morgan fingerprint density at radius 1 is 1.07 bits per heavy atom. The van der Waals surface area contributed by atoms with E-state index in [1.54, 1.807) is 0 Å². The lowest BCUT2D eigenvalue weighted by Gasteiger charge is -2.38. The highest BCUT2D eigenvalue weighted by atomic mass is 32.2. The van der Waals surface area contributed by atoms with Crippen molar-refractivity contribution in [2.45, 2.75) is 89.1 Å². The number of rotatable bonds is 8. The first kappa shape index (κ1) is 28.7. The number of nitrogens with zero attached hydrogens (tertiary/aromatic N) is 3. The lowest BCUT2D eigenvalue weighted by molar-refractivity contribution is -0.152. The molecule has 1 aromatic heterocycles. The highest BCUT2D eigenvalue weighted by Gasteiger charge is 2.52. The molecule has 0 radical (unpaired) electrons. The van der Waals surface area contributed by atoms with E-state index in [0.29, 0.717) is 22.3 Å². The fraction of sp³-hybridized carbons (Fsp3) is 0.690. The number of fused-ring (bicyclic) bond motifs is 1. The molecule has 2 aliphatic heterocycles. The van der Waals surface area contributed by atoms with Crippen LogP contribution in [0.15, 0.2) is 18.6 Å². The topological polar surface area (TPSA) is 142 Å². The fourth-order valence-electron chi connectivity index (χ4n) is 6.99. The van der Waals surface area contributed by atoms with Crippen molar-refractivity contribution in [3.05, 3.63) is 24.3 Å². The van der Waals surface area contributed by atoms with Crippen LogP contribution < -0.4 is 10.6 Å². The van der Waals surface area contributed by atoms with Gasteiger partial charge in [0.1, 0.15) is 23.8 Å². The van der Waals surface area contributed by atoms with Gasteiger partial charge in [-0.2, -0.15) is 10.5 Å². The number of carboxylic acid groups (broad SMARTS) is 1. The minimum atomic E-state index is -0.984. The Hall–Kier alpha value is -2.82. The first-order chi connectivity index (χ1) is 19.0. The molecule has 0 spiro atoms. The van der Waals surface area contributed by atoms with Gasteiger partial charge in [-0.15, -0.1) is 0 Å². The van der Waals surface area contributed by atoms with Crippen LogP contribution in [0.1, 0.15) is 76.2 Å². The highest BCUT2D eigenvalue weighted by molar-refractivity contribution is 8.23. The average Bonchev–Trinajstić information content (AvgIpc) is 3.57. The predicted octanol–water partition coefficient (Wildman–Crippen LogP) is 2.46. The van der Waals surface area contributed by atoms with Gasteiger partial charge in [0, 0.05) is 29.9 Å². The van der Waals surface area contributed by atoms with Crippen molar-refractivity contribution in [1.29, 1.82) is 0 Å². The van der Waals surface area contributed by atoms with Gasteiger partial charge >= 0.3 is 5.97 Å². The van der Waals surface area contributed by atoms with Gasteiger partial charge in [-0.1, -0.05) is 39.0 Å². The second-order valence-electron chi connectivity index (χ2n) is 12.8. The molecule has 218 valence electrons. The number of carbonyl (C=O) groups excluding carboxylic acids is 3. The van der Waals surface area contributed by atoms with Crippen molar-refractivity contribution in [2.75, 3.05) is 12.3 Å². The van der Waals surface area contributed by atoms with Crippen molar-refractivity contribution in [3.63, 3.8) is 0 Å². The molecule has 1 saturated heterocycles. The molecule has 2 aliphatic carbocycles. The SMILES string of the molecule is CC(C)(C)[C@H](NC(=O)[C@@H](NC(=O)c1cnccn1)C1CCCC(S2=CC2)C1)C(=O)N1C[C@@H]2CCC[C@@H]2[C@H]1C(=O)O. The monoisotopic (exact) mass is 571 g/mol. The van der Waals surface area contributed by atoms with Crippen molar-refractivity contribution in [3.8, 4) is 0 Å². The van der Waals surface area contributed by atoms with Crippen LogP contribution in [0.5, 0.6) is 0 Å². The summed E-state index contributed by atoms with van der Waals surface area (Å²) >= 11 is 0. The molecule has 2 saturated carbocycles. The molecule has 40 heavy (non-hydrogen) atoms. The summed E-state index contributed by atoms with van der Waals surface area (Å²) in [7, 11) is 0.296. The van der Waals surface area contributed by atoms with Gasteiger partial charge in [0.25, 0.3) is 5.91 Å². The summed E-state index contributed by atoms with van der Waals surface area (Å²) in [5.41, 5.74) is -0.548. The number of carbonyl (C=O) groups is 4. The van der Waals surface area contributed by atoms with Crippen LogP contribution in [0.2, 0.25) is 0 Å². The molecule has 1 aromatic rings. The van der Waals surface area contributed by atoms with Crippen molar-refractivity contribution < 1.29 is 24.3 Å². The third-order valence-electron chi connectivity index (χ3n) is 9.12. The van der Waals surface area contributed by atoms with Crippen molar-refractivity contribution in [2.24, 2.45) is 23.2 Å². The largest absolute Gasteiger partial charge is 0.480 e. The summed E-state index contributed by atoms with van der Waals surface area (Å²) in [6, 6.07) is -2.65. The maximum absolute atomic E-state index is 14.0. The molecule has 3 fully saturated rings. The van der Waals surface area contributed by atoms with Gasteiger partial charge < -0.3 is 20.6 Å². The summed E-state index contributed by atoms with van der Waals surface area (Å²) in [5.74, 6) is -1.05. The molecule has 3 heterocycles. The molecule has 3 N–H and O–H groups in total. The second kappa shape index (κ2) is 11.6. The van der Waals surface area contributed by atoms with Crippen LogP contribution in [0.4, 0.5) is 0 Å². The highest BCUT2D eigenvalue weighted by Crippen LogP contribution is 2.44. The Kier molecular flexibility index (Phi) is 8.31. The van der Waals surface area contributed by atoms with E-state index < -0.39 is 41.3 Å². The molecule has 4 aliphatic rings.